The van der Waals surface area contributed by atoms with Gasteiger partial charge in [0.2, 0.25) is 0 Å². The second-order valence-corrected chi connectivity index (χ2v) is 5.31. The molecule has 1 N–H and O–H groups in total. The van der Waals surface area contributed by atoms with Crippen LogP contribution in [0.1, 0.15) is 48.0 Å². The molecular formula is C15H19NO. The van der Waals surface area contributed by atoms with Gasteiger partial charge in [0.15, 0.2) is 5.78 Å². The fourth-order valence-corrected chi connectivity index (χ4v) is 2.53. The minimum atomic E-state index is 0.324. The van der Waals surface area contributed by atoms with Gasteiger partial charge in [0, 0.05) is 24.2 Å². The van der Waals surface area contributed by atoms with Gasteiger partial charge in [0.1, 0.15) is 0 Å². The molecule has 2 aliphatic rings. The molecule has 1 aliphatic heterocycles. The molecular weight excluding hydrogens is 210 g/mol. The summed E-state index contributed by atoms with van der Waals surface area (Å²) >= 11 is 0. The van der Waals surface area contributed by atoms with E-state index in [0.29, 0.717) is 5.78 Å². The van der Waals surface area contributed by atoms with Crippen molar-refractivity contribution in [2.75, 3.05) is 11.9 Å². The smallest absolute Gasteiger partial charge is 0.162 e. The summed E-state index contributed by atoms with van der Waals surface area (Å²) in [5.74, 6) is 1.17. The standard InChI is InChI=1S/C15H19NO/c17-15(8-5-11-3-4-11)13-6-7-14-12(10-13)2-1-9-16-14/h6-7,10-11,16H,1-5,8-9H2. The van der Waals surface area contributed by atoms with Crippen molar-refractivity contribution in [1.29, 1.82) is 0 Å². The second kappa shape index (κ2) is 4.52. The molecule has 90 valence electrons. The number of ketones is 1. The fraction of sp³-hybridized carbons (Fsp3) is 0.533. The quantitative estimate of drug-likeness (QED) is 0.801. The van der Waals surface area contributed by atoms with Gasteiger partial charge in [0.25, 0.3) is 0 Å². The van der Waals surface area contributed by atoms with E-state index in [1.165, 1.54) is 30.5 Å². The highest BCUT2D eigenvalue weighted by Crippen LogP contribution is 2.34. The zero-order valence-corrected chi connectivity index (χ0v) is 10.2. The van der Waals surface area contributed by atoms with Crippen molar-refractivity contribution in [2.24, 2.45) is 5.92 Å². The van der Waals surface area contributed by atoms with Crippen molar-refractivity contribution in [1.82, 2.24) is 0 Å². The van der Waals surface area contributed by atoms with Crippen LogP contribution in [-0.4, -0.2) is 12.3 Å². The maximum Gasteiger partial charge on any atom is 0.162 e. The van der Waals surface area contributed by atoms with Gasteiger partial charge in [-0.05, 0) is 48.9 Å². The van der Waals surface area contributed by atoms with Gasteiger partial charge in [-0.25, -0.2) is 0 Å². The Bertz CT molecular complexity index is 435. The minimum Gasteiger partial charge on any atom is -0.385 e. The van der Waals surface area contributed by atoms with E-state index in [2.05, 4.69) is 17.4 Å². The van der Waals surface area contributed by atoms with Crippen LogP contribution in [0.3, 0.4) is 0 Å². The third-order valence-electron chi connectivity index (χ3n) is 3.84. The highest BCUT2D eigenvalue weighted by atomic mass is 16.1. The SMILES string of the molecule is O=C(CCC1CC1)c1ccc2c(c1)CCCN2. The normalized spacial score (nSPS) is 18.4. The maximum atomic E-state index is 12.0. The summed E-state index contributed by atoms with van der Waals surface area (Å²) in [5, 5.41) is 3.38. The van der Waals surface area contributed by atoms with E-state index < -0.39 is 0 Å². The lowest BCUT2D eigenvalue weighted by atomic mass is 9.97. The molecule has 2 heteroatoms. The number of anilines is 1. The van der Waals surface area contributed by atoms with Crippen molar-refractivity contribution in [3.05, 3.63) is 29.3 Å². The summed E-state index contributed by atoms with van der Waals surface area (Å²) in [6.07, 6.45) is 6.77. The van der Waals surface area contributed by atoms with Gasteiger partial charge in [-0.15, -0.1) is 0 Å². The van der Waals surface area contributed by atoms with Crippen molar-refractivity contribution in [3.63, 3.8) is 0 Å². The Morgan fingerprint density at radius 1 is 1.35 bits per heavy atom. The van der Waals surface area contributed by atoms with Gasteiger partial charge < -0.3 is 5.32 Å². The number of fused-ring (bicyclic) bond motifs is 1. The van der Waals surface area contributed by atoms with Gasteiger partial charge in [0.05, 0.1) is 0 Å². The Morgan fingerprint density at radius 2 is 2.24 bits per heavy atom. The van der Waals surface area contributed by atoms with Gasteiger partial charge >= 0.3 is 0 Å². The van der Waals surface area contributed by atoms with Crippen LogP contribution in [0.25, 0.3) is 0 Å². The van der Waals surface area contributed by atoms with Crippen LogP contribution in [0, 0.1) is 5.92 Å². The van der Waals surface area contributed by atoms with Crippen LogP contribution < -0.4 is 5.32 Å². The number of Topliss-reactive ketones (excluding diaryl/α,β-unsaturated/α-hetero) is 1. The molecule has 1 aromatic rings. The van der Waals surface area contributed by atoms with E-state index in [1.54, 1.807) is 0 Å². The number of carbonyl (C=O) groups excluding carboxylic acids is 1. The highest BCUT2D eigenvalue weighted by molar-refractivity contribution is 5.96. The maximum absolute atomic E-state index is 12.0. The largest absolute Gasteiger partial charge is 0.385 e. The molecule has 3 rings (SSSR count). The topological polar surface area (TPSA) is 29.1 Å². The van der Waals surface area contributed by atoms with Crippen molar-refractivity contribution < 1.29 is 4.79 Å². The highest BCUT2D eigenvalue weighted by Gasteiger charge is 2.22. The Morgan fingerprint density at radius 3 is 3.06 bits per heavy atom. The van der Waals surface area contributed by atoms with Crippen LogP contribution in [0.2, 0.25) is 0 Å². The van der Waals surface area contributed by atoms with Crippen molar-refractivity contribution >= 4 is 11.5 Å². The molecule has 0 radical (unpaired) electrons. The number of rotatable bonds is 4. The summed E-state index contributed by atoms with van der Waals surface area (Å²) in [4.78, 5) is 12.0. The van der Waals surface area contributed by atoms with Crippen molar-refractivity contribution in [2.45, 2.75) is 38.5 Å². The summed E-state index contributed by atoms with van der Waals surface area (Å²) in [5.41, 5.74) is 3.44. The lowest BCUT2D eigenvalue weighted by Crippen LogP contribution is -2.12. The summed E-state index contributed by atoms with van der Waals surface area (Å²) in [7, 11) is 0. The van der Waals surface area contributed by atoms with Gasteiger partial charge in [-0.1, -0.05) is 12.8 Å². The molecule has 1 aliphatic carbocycles. The van der Waals surface area contributed by atoms with Gasteiger partial charge in [-0.2, -0.15) is 0 Å². The molecule has 1 aromatic carbocycles. The number of hydrogen-bond acceptors (Lipinski definition) is 2. The molecule has 1 saturated carbocycles. The Hall–Kier alpha value is -1.31. The van der Waals surface area contributed by atoms with E-state index in [-0.39, 0.29) is 0 Å². The summed E-state index contributed by atoms with van der Waals surface area (Å²) in [6.45, 7) is 1.06. The third kappa shape index (κ3) is 2.51. The average molecular weight is 229 g/mol. The Labute approximate surface area is 102 Å². The number of hydrogen-bond donors (Lipinski definition) is 1. The zero-order valence-electron chi connectivity index (χ0n) is 10.2. The van der Waals surface area contributed by atoms with Crippen LogP contribution in [0.5, 0.6) is 0 Å². The first-order valence-electron chi connectivity index (χ1n) is 6.73. The van der Waals surface area contributed by atoms with E-state index in [9.17, 15) is 4.79 Å². The van der Waals surface area contributed by atoms with Crippen LogP contribution in [-0.2, 0) is 6.42 Å². The first-order chi connectivity index (χ1) is 8.33. The van der Waals surface area contributed by atoms with E-state index in [1.807, 2.05) is 6.07 Å². The lowest BCUT2D eigenvalue weighted by Gasteiger charge is -2.18. The number of carbonyl (C=O) groups is 1. The zero-order chi connectivity index (χ0) is 11.7. The van der Waals surface area contributed by atoms with Gasteiger partial charge in [-0.3, -0.25) is 4.79 Å². The third-order valence-corrected chi connectivity index (χ3v) is 3.84. The van der Waals surface area contributed by atoms with E-state index >= 15 is 0 Å². The molecule has 2 nitrogen and oxygen atoms in total. The fourth-order valence-electron chi connectivity index (χ4n) is 2.53. The van der Waals surface area contributed by atoms with Crippen LogP contribution in [0.15, 0.2) is 18.2 Å². The number of aryl methyl sites for hydroxylation is 1. The molecule has 0 aromatic heterocycles. The molecule has 0 amide bonds. The average Bonchev–Trinajstić information content (AvgIpc) is 3.19. The molecule has 1 heterocycles. The predicted molar refractivity (Wildman–Crippen MR) is 69.5 cm³/mol. The minimum absolute atomic E-state index is 0.324. The molecule has 0 unspecified atom stereocenters. The Kier molecular flexibility index (Phi) is 2.87. The number of nitrogens with one attached hydrogen (secondary N) is 1. The van der Waals surface area contributed by atoms with E-state index in [0.717, 1.165) is 37.3 Å². The summed E-state index contributed by atoms with van der Waals surface area (Å²) in [6, 6.07) is 6.14. The second-order valence-electron chi connectivity index (χ2n) is 5.31. The molecule has 0 atom stereocenters. The first kappa shape index (κ1) is 10.8. The van der Waals surface area contributed by atoms with E-state index in [4.69, 9.17) is 0 Å². The predicted octanol–water partition coefficient (Wildman–Crippen LogP) is 3.42. The first-order valence-corrected chi connectivity index (χ1v) is 6.73. The Balaban J connectivity index is 1.70. The van der Waals surface area contributed by atoms with Crippen molar-refractivity contribution in [3.8, 4) is 0 Å². The summed E-state index contributed by atoms with van der Waals surface area (Å²) < 4.78 is 0. The lowest BCUT2D eigenvalue weighted by molar-refractivity contribution is 0.0978. The molecule has 0 spiro atoms. The number of benzene rings is 1. The van der Waals surface area contributed by atoms with Crippen LogP contribution >= 0.6 is 0 Å². The van der Waals surface area contributed by atoms with Crippen LogP contribution in [0.4, 0.5) is 5.69 Å². The molecule has 1 fully saturated rings. The molecule has 0 bridgehead atoms. The monoisotopic (exact) mass is 229 g/mol. The molecule has 17 heavy (non-hydrogen) atoms. The molecule has 0 saturated heterocycles.